The number of halogens is 3. The zero-order valence-corrected chi connectivity index (χ0v) is 13.3. The quantitative estimate of drug-likeness (QED) is 0.716. The summed E-state index contributed by atoms with van der Waals surface area (Å²) >= 11 is 0. The van der Waals surface area contributed by atoms with Crippen LogP contribution in [0.3, 0.4) is 0 Å². The molecule has 3 aromatic rings. The van der Waals surface area contributed by atoms with Crippen molar-refractivity contribution in [3.8, 4) is 11.5 Å². The highest BCUT2D eigenvalue weighted by Gasteiger charge is 2.34. The van der Waals surface area contributed by atoms with E-state index in [1.54, 1.807) is 0 Å². The molecule has 1 saturated heterocycles. The minimum Gasteiger partial charge on any atom is -0.334 e. The van der Waals surface area contributed by atoms with Crippen LogP contribution in [-0.2, 0) is 4.79 Å². The lowest BCUT2D eigenvalue weighted by atomic mass is 10.1. The van der Waals surface area contributed by atoms with Gasteiger partial charge in [0.2, 0.25) is 5.91 Å². The normalized spacial score (nSPS) is 17.1. The molecule has 1 fully saturated rings. The summed E-state index contributed by atoms with van der Waals surface area (Å²) in [5.41, 5.74) is 0.704. The van der Waals surface area contributed by atoms with Crippen LogP contribution in [0, 0.1) is 17.5 Å². The van der Waals surface area contributed by atoms with E-state index in [2.05, 4.69) is 10.1 Å². The van der Waals surface area contributed by atoms with Crippen LogP contribution < -0.4 is 4.90 Å². The van der Waals surface area contributed by atoms with Gasteiger partial charge in [0.25, 0.3) is 5.89 Å². The van der Waals surface area contributed by atoms with Crippen LogP contribution in [0.5, 0.6) is 0 Å². The second-order valence-electron chi connectivity index (χ2n) is 6.00. The second-order valence-corrected chi connectivity index (χ2v) is 6.00. The van der Waals surface area contributed by atoms with Crippen molar-refractivity contribution < 1.29 is 22.5 Å². The zero-order valence-electron chi connectivity index (χ0n) is 13.3. The third kappa shape index (κ3) is 3.05. The van der Waals surface area contributed by atoms with E-state index in [9.17, 15) is 18.0 Å². The Hall–Kier alpha value is -3.16. The first-order chi connectivity index (χ1) is 12.5. The molecule has 0 bridgehead atoms. The van der Waals surface area contributed by atoms with E-state index in [1.165, 1.54) is 29.2 Å². The lowest BCUT2D eigenvalue weighted by Crippen LogP contribution is -2.24. The molecule has 0 radical (unpaired) electrons. The van der Waals surface area contributed by atoms with Crippen LogP contribution in [0.2, 0.25) is 0 Å². The maximum absolute atomic E-state index is 13.3. The first-order valence-electron chi connectivity index (χ1n) is 7.85. The van der Waals surface area contributed by atoms with Crippen molar-refractivity contribution in [1.82, 2.24) is 10.1 Å². The van der Waals surface area contributed by atoms with Crippen molar-refractivity contribution in [2.75, 3.05) is 11.4 Å². The van der Waals surface area contributed by atoms with Gasteiger partial charge in [0.15, 0.2) is 5.82 Å². The Labute approximate surface area is 146 Å². The van der Waals surface area contributed by atoms with E-state index < -0.39 is 11.6 Å². The molecular formula is C18H12F3N3O2. The number of hydrogen-bond acceptors (Lipinski definition) is 4. The van der Waals surface area contributed by atoms with Crippen LogP contribution in [0.15, 0.2) is 47.0 Å². The Morgan fingerprint density at radius 3 is 2.38 bits per heavy atom. The van der Waals surface area contributed by atoms with Crippen molar-refractivity contribution >= 4 is 11.6 Å². The van der Waals surface area contributed by atoms with Crippen LogP contribution in [0.25, 0.3) is 11.5 Å². The highest BCUT2D eigenvalue weighted by atomic mass is 19.1. The van der Waals surface area contributed by atoms with Crippen LogP contribution >= 0.6 is 0 Å². The highest BCUT2D eigenvalue weighted by Crippen LogP contribution is 2.31. The Morgan fingerprint density at radius 1 is 1.00 bits per heavy atom. The average molecular weight is 359 g/mol. The van der Waals surface area contributed by atoms with E-state index in [0.717, 1.165) is 18.2 Å². The molecule has 8 heteroatoms. The number of aromatic nitrogens is 2. The van der Waals surface area contributed by atoms with Gasteiger partial charge in [-0.3, -0.25) is 4.79 Å². The van der Waals surface area contributed by atoms with Gasteiger partial charge in [-0.1, -0.05) is 5.16 Å². The highest BCUT2D eigenvalue weighted by molar-refractivity contribution is 5.96. The number of carbonyl (C=O) groups is 1. The summed E-state index contributed by atoms with van der Waals surface area (Å²) in [6.45, 7) is 0.306. The molecule has 0 saturated carbocycles. The van der Waals surface area contributed by atoms with Gasteiger partial charge < -0.3 is 9.42 Å². The summed E-state index contributed by atoms with van der Waals surface area (Å²) in [4.78, 5) is 17.9. The SMILES string of the molecule is O=C1C[C@H](c2noc(-c3cc(F)cc(F)c3)n2)CN1c1ccc(F)cc1. The molecule has 1 aromatic heterocycles. The topological polar surface area (TPSA) is 59.2 Å². The molecule has 1 amide bonds. The molecule has 0 spiro atoms. The number of hydrogen-bond donors (Lipinski definition) is 0. The number of nitrogens with zero attached hydrogens (tertiary/aromatic N) is 3. The van der Waals surface area contributed by atoms with Crippen LogP contribution in [-0.4, -0.2) is 22.6 Å². The second kappa shape index (κ2) is 6.29. The fraction of sp³-hybridized carbons (Fsp3) is 0.167. The van der Waals surface area contributed by atoms with Crippen molar-refractivity contribution in [1.29, 1.82) is 0 Å². The Bertz CT molecular complexity index is 952. The Morgan fingerprint density at radius 2 is 1.69 bits per heavy atom. The van der Waals surface area contributed by atoms with E-state index in [4.69, 9.17) is 4.52 Å². The molecule has 0 N–H and O–H groups in total. The molecule has 1 aliphatic rings. The van der Waals surface area contributed by atoms with E-state index in [-0.39, 0.29) is 41.3 Å². The fourth-order valence-electron chi connectivity index (χ4n) is 2.95. The molecule has 0 aliphatic carbocycles. The third-order valence-electron chi connectivity index (χ3n) is 4.18. The van der Waals surface area contributed by atoms with Gasteiger partial charge in [0, 0.05) is 36.2 Å². The maximum atomic E-state index is 13.3. The van der Waals surface area contributed by atoms with Crippen molar-refractivity contribution in [3.05, 3.63) is 65.7 Å². The monoisotopic (exact) mass is 359 g/mol. The van der Waals surface area contributed by atoms with Gasteiger partial charge in [-0.25, -0.2) is 13.2 Å². The molecule has 2 heterocycles. The molecule has 1 atom stereocenters. The summed E-state index contributed by atoms with van der Waals surface area (Å²) < 4.78 is 44.8. The summed E-state index contributed by atoms with van der Waals surface area (Å²) in [5, 5.41) is 3.84. The molecule has 5 nitrogen and oxygen atoms in total. The molecule has 4 rings (SSSR count). The summed E-state index contributed by atoms with van der Waals surface area (Å²) in [7, 11) is 0. The molecule has 0 unspecified atom stereocenters. The smallest absolute Gasteiger partial charge is 0.258 e. The van der Waals surface area contributed by atoms with E-state index in [0.29, 0.717) is 12.2 Å². The molecule has 132 valence electrons. The minimum atomic E-state index is -0.752. The predicted octanol–water partition coefficient (Wildman–Crippen LogP) is 3.67. The maximum Gasteiger partial charge on any atom is 0.258 e. The van der Waals surface area contributed by atoms with Crippen molar-refractivity contribution in [2.24, 2.45) is 0 Å². The minimum absolute atomic E-state index is 0.0221. The first kappa shape index (κ1) is 16.3. The molecular weight excluding hydrogens is 347 g/mol. The van der Waals surface area contributed by atoms with Crippen LogP contribution in [0.4, 0.5) is 18.9 Å². The first-order valence-corrected chi connectivity index (χ1v) is 7.85. The number of benzene rings is 2. The number of rotatable bonds is 3. The fourth-order valence-corrected chi connectivity index (χ4v) is 2.95. The zero-order chi connectivity index (χ0) is 18.3. The van der Waals surface area contributed by atoms with E-state index >= 15 is 0 Å². The van der Waals surface area contributed by atoms with Crippen LogP contribution in [0.1, 0.15) is 18.2 Å². The van der Waals surface area contributed by atoms with Gasteiger partial charge in [0.05, 0.1) is 0 Å². The van der Waals surface area contributed by atoms with Gasteiger partial charge in [0.1, 0.15) is 17.5 Å². The average Bonchev–Trinajstić information content (AvgIpc) is 3.22. The summed E-state index contributed by atoms with van der Waals surface area (Å²) in [6, 6.07) is 8.52. The molecule has 1 aliphatic heterocycles. The van der Waals surface area contributed by atoms with Crippen molar-refractivity contribution in [3.63, 3.8) is 0 Å². The number of carbonyl (C=O) groups excluding carboxylic acids is 1. The Kier molecular flexibility index (Phi) is 3.95. The molecule has 2 aromatic carbocycles. The van der Waals surface area contributed by atoms with E-state index in [1.807, 2.05) is 0 Å². The lowest BCUT2D eigenvalue weighted by molar-refractivity contribution is -0.117. The summed E-state index contributed by atoms with van der Waals surface area (Å²) in [5.74, 6) is -2.11. The predicted molar refractivity (Wildman–Crippen MR) is 85.8 cm³/mol. The largest absolute Gasteiger partial charge is 0.334 e. The third-order valence-corrected chi connectivity index (χ3v) is 4.18. The van der Waals surface area contributed by atoms with Gasteiger partial charge in [-0.2, -0.15) is 4.98 Å². The summed E-state index contributed by atoms with van der Waals surface area (Å²) in [6.07, 6.45) is 0.161. The number of amides is 1. The number of anilines is 1. The van der Waals surface area contributed by atoms with Gasteiger partial charge >= 0.3 is 0 Å². The lowest BCUT2D eigenvalue weighted by Gasteiger charge is -2.15. The van der Waals surface area contributed by atoms with Gasteiger partial charge in [-0.15, -0.1) is 0 Å². The van der Waals surface area contributed by atoms with Gasteiger partial charge in [-0.05, 0) is 36.4 Å². The Balaban J connectivity index is 1.56. The molecule has 26 heavy (non-hydrogen) atoms. The van der Waals surface area contributed by atoms with Crippen molar-refractivity contribution in [2.45, 2.75) is 12.3 Å². The standard InChI is InChI=1S/C18H12F3N3O2/c19-12-1-3-15(4-2-12)24-9-11(7-16(24)25)17-22-18(26-23-17)10-5-13(20)8-14(21)6-10/h1-6,8,11H,7,9H2/t11-/m0/s1.